The van der Waals surface area contributed by atoms with Crippen molar-refractivity contribution in [2.24, 2.45) is 0 Å². The molecule has 0 aliphatic heterocycles. The van der Waals surface area contributed by atoms with Crippen LogP contribution in [0.15, 0.2) is 103 Å². The summed E-state index contributed by atoms with van der Waals surface area (Å²) in [5, 5.41) is 0. The van der Waals surface area contributed by atoms with Crippen LogP contribution in [0.25, 0.3) is 22.4 Å². The molecule has 3 aromatic carbocycles. The predicted molar refractivity (Wildman–Crippen MR) is 136 cm³/mol. The number of fused-ring (bicyclic) bond motifs is 1. The fourth-order valence-corrected chi connectivity index (χ4v) is 4.31. The van der Waals surface area contributed by atoms with E-state index in [1.807, 2.05) is 89.8 Å². The summed E-state index contributed by atoms with van der Waals surface area (Å²) >= 11 is 0. The predicted octanol–water partition coefficient (Wildman–Crippen LogP) is 5.54. The van der Waals surface area contributed by atoms with Gasteiger partial charge < -0.3 is 18.6 Å². The van der Waals surface area contributed by atoms with E-state index in [4.69, 9.17) is 14.5 Å². The minimum Gasteiger partial charge on any atom is -0.492 e. The zero-order valence-corrected chi connectivity index (χ0v) is 19.6. The number of carbonyl (C=O) groups excluding carboxylic acids is 1. The molecule has 0 aliphatic carbocycles. The standard InChI is InChI=1S/C29H27N3O3/c1-34-29(33)27(31-17-7-8-18-31)21-22-13-15-24(16-14-22)35-20-19-32-26-12-6-5-11-25(26)30-28(32)23-9-3-2-4-10-23/h2-18,27H,19-21H2,1H3. The van der Waals surface area contributed by atoms with Crippen molar-refractivity contribution in [3.8, 4) is 17.1 Å². The maximum absolute atomic E-state index is 12.3. The summed E-state index contributed by atoms with van der Waals surface area (Å²) in [5.41, 5.74) is 4.17. The number of imidazole rings is 1. The second-order valence-corrected chi connectivity index (χ2v) is 8.31. The number of carbonyl (C=O) groups is 1. The Bertz CT molecular complexity index is 1390. The van der Waals surface area contributed by atoms with Gasteiger partial charge in [0, 0.05) is 24.4 Å². The van der Waals surface area contributed by atoms with Gasteiger partial charge in [0.05, 0.1) is 24.7 Å². The number of para-hydroxylation sites is 2. The van der Waals surface area contributed by atoms with E-state index >= 15 is 0 Å². The highest BCUT2D eigenvalue weighted by Crippen LogP contribution is 2.25. The second-order valence-electron chi connectivity index (χ2n) is 8.31. The summed E-state index contributed by atoms with van der Waals surface area (Å²) in [6.07, 6.45) is 4.30. The molecular formula is C29H27N3O3. The van der Waals surface area contributed by atoms with E-state index in [0.717, 1.165) is 33.7 Å². The maximum Gasteiger partial charge on any atom is 0.329 e. The molecule has 6 heteroatoms. The van der Waals surface area contributed by atoms with Crippen molar-refractivity contribution in [1.82, 2.24) is 14.1 Å². The fourth-order valence-electron chi connectivity index (χ4n) is 4.31. The van der Waals surface area contributed by atoms with Gasteiger partial charge in [-0.25, -0.2) is 9.78 Å². The summed E-state index contributed by atoms with van der Waals surface area (Å²) in [6, 6.07) is 29.7. The average molecular weight is 466 g/mol. The summed E-state index contributed by atoms with van der Waals surface area (Å²) in [5.74, 6) is 1.46. The Kier molecular flexibility index (Phi) is 6.61. The van der Waals surface area contributed by atoms with Gasteiger partial charge in [0.25, 0.3) is 0 Å². The van der Waals surface area contributed by atoms with Crippen molar-refractivity contribution in [2.75, 3.05) is 13.7 Å². The molecule has 1 unspecified atom stereocenters. The largest absolute Gasteiger partial charge is 0.492 e. The number of methoxy groups -OCH3 is 1. The first-order valence-electron chi connectivity index (χ1n) is 11.7. The van der Waals surface area contributed by atoms with Gasteiger partial charge in [0.2, 0.25) is 0 Å². The van der Waals surface area contributed by atoms with Gasteiger partial charge in [-0.05, 0) is 42.0 Å². The van der Waals surface area contributed by atoms with Gasteiger partial charge in [0.15, 0.2) is 0 Å². The van der Waals surface area contributed by atoms with Crippen LogP contribution < -0.4 is 4.74 Å². The maximum atomic E-state index is 12.3. The lowest BCUT2D eigenvalue weighted by atomic mass is 10.1. The van der Waals surface area contributed by atoms with E-state index in [-0.39, 0.29) is 5.97 Å². The average Bonchev–Trinajstić information content (AvgIpc) is 3.57. The van der Waals surface area contributed by atoms with Crippen LogP contribution in [0.2, 0.25) is 0 Å². The highest BCUT2D eigenvalue weighted by Gasteiger charge is 2.21. The van der Waals surface area contributed by atoms with Crippen LogP contribution >= 0.6 is 0 Å². The number of esters is 1. The molecule has 0 fully saturated rings. The Morgan fingerprint density at radius 1 is 0.886 bits per heavy atom. The molecule has 35 heavy (non-hydrogen) atoms. The Morgan fingerprint density at radius 2 is 1.60 bits per heavy atom. The molecule has 0 radical (unpaired) electrons. The van der Waals surface area contributed by atoms with E-state index in [2.05, 4.69) is 22.8 Å². The first-order valence-corrected chi connectivity index (χ1v) is 11.7. The summed E-state index contributed by atoms with van der Waals surface area (Å²) in [7, 11) is 1.42. The minimum absolute atomic E-state index is 0.261. The van der Waals surface area contributed by atoms with Gasteiger partial charge in [-0.2, -0.15) is 0 Å². The minimum atomic E-state index is -0.396. The van der Waals surface area contributed by atoms with Crippen LogP contribution in [-0.2, 0) is 22.5 Å². The molecular weight excluding hydrogens is 438 g/mol. The van der Waals surface area contributed by atoms with Crippen LogP contribution in [-0.4, -0.2) is 33.8 Å². The van der Waals surface area contributed by atoms with Crippen LogP contribution in [0, 0.1) is 0 Å². The fraction of sp³-hybridized carbons (Fsp3) is 0.172. The molecule has 2 heterocycles. The van der Waals surface area contributed by atoms with Crippen molar-refractivity contribution in [3.05, 3.63) is 109 Å². The molecule has 1 atom stereocenters. The number of ether oxygens (including phenoxy) is 2. The molecule has 6 nitrogen and oxygen atoms in total. The number of aromatic nitrogens is 3. The summed E-state index contributed by atoms with van der Waals surface area (Å²) < 4.78 is 15.2. The molecule has 0 bridgehead atoms. The van der Waals surface area contributed by atoms with Gasteiger partial charge in [-0.1, -0.05) is 54.6 Å². The molecule has 0 aliphatic rings. The number of rotatable bonds is 9. The smallest absolute Gasteiger partial charge is 0.329 e. The first-order chi connectivity index (χ1) is 17.2. The third kappa shape index (κ3) is 4.96. The van der Waals surface area contributed by atoms with Gasteiger partial charge in [-0.15, -0.1) is 0 Å². The molecule has 0 spiro atoms. The lowest BCUT2D eigenvalue weighted by Gasteiger charge is -2.17. The normalized spacial score (nSPS) is 11.9. The third-order valence-corrected chi connectivity index (χ3v) is 6.08. The Balaban J connectivity index is 1.27. The summed E-state index contributed by atoms with van der Waals surface area (Å²) in [6.45, 7) is 1.18. The van der Waals surface area contributed by atoms with Crippen molar-refractivity contribution in [3.63, 3.8) is 0 Å². The Morgan fingerprint density at radius 3 is 2.34 bits per heavy atom. The molecule has 2 aromatic heterocycles. The third-order valence-electron chi connectivity index (χ3n) is 6.08. The quantitative estimate of drug-likeness (QED) is 0.268. The second kappa shape index (κ2) is 10.3. The summed E-state index contributed by atoms with van der Waals surface area (Å²) in [4.78, 5) is 17.1. The van der Waals surface area contributed by atoms with Crippen LogP contribution in [0.1, 0.15) is 11.6 Å². The molecule has 0 saturated carbocycles. The van der Waals surface area contributed by atoms with Crippen molar-refractivity contribution >= 4 is 17.0 Å². The van der Waals surface area contributed by atoms with Gasteiger partial charge in [0.1, 0.15) is 24.2 Å². The van der Waals surface area contributed by atoms with Gasteiger partial charge >= 0.3 is 5.97 Å². The number of hydrogen-bond acceptors (Lipinski definition) is 4. The highest BCUT2D eigenvalue weighted by molar-refractivity contribution is 5.80. The van der Waals surface area contributed by atoms with Crippen molar-refractivity contribution < 1.29 is 14.3 Å². The van der Waals surface area contributed by atoms with Crippen molar-refractivity contribution in [2.45, 2.75) is 19.0 Å². The van der Waals surface area contributed by atoms with Crippen molar-refractivity contribution in [1.29, 1.82) is 0 Å². The number of nitrogens with zero attached hydrogens (tertiary/aromatic N) is 3. The lowest BCUT2D eigenvalue weighted by molar-refractivity contribution is -0.144. The zero-order chi connectivity index (χ0) is 24.0. The first kappa shape index (κ1) is 22.5. The molecule has 5 rings (SSSR count). The van der Waals surface area contributed by atoms with Crippen LogP contribution in [0.4, 0.5) is 0 Å². The topological polar surface area (TPSA) is 58.3 Å². The SMILES string of the molecule is COC(=O)C(Cc1ccc(OCCn2c(-c3ccccc3)nc3ccccc32)cc1)n1cccc1. The number of benzene rings is 3. The lowest BCUT2D eigenvalue weighted by Crippen LogP contribution is -2.22. The highest BCUT2D eigenvalue weighted by atomic mass is 16.5. The zero-order valence-electron chi connectivity index (χ0n) is 19.6. The van der Waals surface area contributed by atoms with Crippen LogP contribution in [0.5, 0.6) is 5.75 Å². The number of hydrogen-bond donors (Lipinski definition) is 0. The van der Waals surface area contributed by atoms with E-state index < -0.39 is 6.04 Å². The Labute approximate surface area is 204 Å². The Hall–Kier alpha value is -4.32. The molecule has 5 aromatic rings. The molecule has 0 saturated heterocycles. The van der Waals surface area contributed by atoms with E-state index in [1.165, 1.54) is 7.11 Å². The molecule has 0 amide bonds. The van der Waals surface area contributed by atoms with Gasteiger partial charge in [-0.3, -0.25) is 0 Å². The molecule has 176 valence electrons. The van der Waals surface area contributed by atoms with E-state index in [1.54, 1.807) is 0 Å². The monoisotopic (exact) mass is 465 g/mol. The molecule has 0 N–H and O–H groups in total. The van der Waals surface area contributed by atoms with Crippen LogP contribution in [0.3, 0.4) is 0 Å². The van der Waals surface area contributed by atoms with E-state index in [0.29, 0.717) is 19.6 Å². The van der Waals surface area contributed by atoms with E-state index in [9.17, 15) is 4.79 Å².